The van der Waals surface area contributed by atoms with Crippen LogP contribution in [0.4, 0.5) is 0 Å². The molecular formula is C11H14OS. The Labute approximate surface area is 83.5 Å². The zero-order chi connectivity index (χ0) is 9.52. The molecule has 0 heterocycles. The van der Waals surface area contributed by atoms with Crippen LogP contribution in [-0.2, 0) is 5.75 Å². The van der Waals surface area contributed by atoms with E-state index in [1.807, 2.05) is 6.08 Å². The van der Waals surface area contributed by atoms with Crippen LogP contribution in [0.2, 0.25) is 0 Å². The average molecular weight is 194 g/mol. The Morgan fingerprint density at radius 3 is 2.54 bits per heavy atom. The van der Waals surface area contributed by atoms with Crippen molar-refractivity contribution in [1.29, 1.82) is 0 Å². The average Bonchev–Trinajstić information content (AvgIpc) is 2.19. The van der Waals surface area contributed by atoms with Crippen LogP contribution in [0, 0.1) is 0 Å². The molecule has 13 heavy (non-hydrogen) atoms. The summed E-state index contributed by atoms with van der Waals surface area (Å²) in [5.41, 5.74) is 2.44. The van der Waals surface area contributed by atoms with Crippen LogP contribution < -0.4 is 0 Å². The first kappa shape index (κ1) is 10.4. The van der Waals surface area contributed by atoms with Crippen molar-refractivity contribution in [3.63, 3.8) is 0 Å². The molecule has 0 radical (unpaired) electrons. The number of rotatable bonds is 5. The molecule has 0 spiro atoms. The molecular weight excluding hydrogens is 180 g/mol. The van der Waals surface area contributed by atoms with Crippen LogP contribution >= 0.6 is 11.8 Å². The van der Waals surface area contributed by atoms with Crippen LogP contribution in [0.1, 0.15) is 11.1 Å². The Morgan fingerprint density at radius 1 is 1.31 bits per heavy atom. The standard InChI is InChI=1S/C11H14OS/c1-2-10-3-5-11(6-4-10)9-13-8-7-12/h2-6,12H,1,7-9H2. The molecule has 0 saturated heterocycles. The fraction of sp³-hybridized carbons (Fsp3) is 0.273. The highest BCUT2D eigenvalue weighted by atomic mass is 32.2. The molecule has 2 heteroatoms. The van der Waals surface area contributed by atoms with Gasteiger partial charge in [-0.25, -0.2) is 0 Å². The normalized spacial score (nSPS) is 9.92. The van der Waals surface area contributed by atoms with Crippen LogP contribution in [0.25, 0.3) is 6.08 Å². The molecule has 0 aliphatic carbocycles. The van der Waals surface area contributed by atoms with Gasteiger partial charge in [0.15, 0.2) is 0 Å². The van der Waals surface area contributed by atoms with E-state index in [9.17, 15) is 0 Å². The van der Waals surface area contributed by atoms with Gasteiger partial charge in [-0.2, -0.15) is 11.8 Å². The van der Waals surface area contributed by atoms with Gasteiger partial charge in [-0.05, 0) is 11.1 Å². The summed E-state index contributed by atoms with van der Waals surface area (Å²) in [6, 6.07) is 8.31. The largest absolute Gasteiger partial charge is 0.396 e. The summed E-state index contributed by atoms with van der Waals surface area (Å²) < 4.78 is 0. The predicted molar refractivity (Wildman–Crippen MR) is 59.8 cm³/mol. The van der Waals surface area contributed by atoms with Crippen molar-refractivity contribution in [2.45, 2.75) is 5.75 Å². The number of aliphatic hydroxyl groups is 1. The van der Waals surface area contributed by atoms with Crippen LogP contribution in [0.5, 0.6) is 0 Å². The van der Waals surface area contributed by atoms with Crippen molar-refractivity contribution < 1.29 is 5.11 Å². The van der Waals surface area contributed by atoms with E-state index in [0.717, 1.165) is 17.1 Å². The summed E-state index contributed by atoms with van der Waals surface area (Å²) in [6.07, 6.45) is 1.84. The van der Waals surface area contributed by atoms with Gasteiger partial charge in [0.05, 0.1) is 6.61 Å². The fourth-order valence-corrected chi connectivity index (χ4v) is 1.71. The predicted octanol–water partition coefficient (Wildman–Crippen LogP) is 2.56. The molecule has 70 valence electrons. The third-order valence-electron chi connectivity index (χ3n) is 1.72. The Bertz CT molecular complexity index is 253. The highest BCUT2D eigenvalue weighted by molar-refractivity contribution is 7.98. The first-order chi connectivity index (χ1) is 6.36. The summed E-state index contributed by atoms with van der Waals surface area (Å²) >= 11 is 1.74. The molecule has 0 aliphatic rings. The Kier molecular flexibility index (Phi) is 4.65. The van der Waals surface area contributed by atoms with E-state index in [0.29, 0.717) is 0 Å². The summed E-state index contributed by atoms with van der Waals surface area (Å²) in [7, 11) is 0. The van der Waals surface area contributed by atoms with Gasteiger partial charge in [-0.15, -0.1) is 0 Å². The van der Waals surface area contributed by atoms with Crippen LogP contribution in [0.15, 0.2) is 30.8 Å². The minimum atomic E-state index is 0.259. The maximum absolute atomic E-state index is 8.59. The molecule has 1 aromatic carbocycles. The molecule has 1 nitrogen and oxygen atoms in total. The molecule has 0 unspecified atom stereocenters. The van der Waals surface area contributed by atoms with Crippen molar-refractivity contribution in [2.75, 3.05) is 12.4 Å². The lowest BCUT2D eigenvalue weighted by atomic mass is 10.1. The van der Waals surface area contributed by atoms with Gasteiger partial charge in [0, 0.05) is 11.5 Å². The highest BCUT2D eigenvalue weighted by Gasteiger charge is 1.92. The second-order valence-electron chi connectivity index (χ2n) is 2.72. The van der Waals surface area contributed by atoms with Gasteiger partial charge in [0.2, 0.25) is 0 Å². The van der Waals surface area contributed by atoms with Gasteiger partial charge in [-0.1, -0.05) is 36.9 Å². The monoisotopic (exact) mass is 194 g/mol. The van der Waals surface area contributed by atoms with E-state index < -0.39 is 0 Å². The minimum absolute atomic E-state index is 0.259. The first-order valence-electron chi connectivity index (χ1n) is 4.27. The number of thioether (sulfide) groups is 1. The number of benzene rings is 1. The maximum Gasteiger partial charge on any atom is 0.0521 e. The molecule has 1 rings (SSSR count). The summed E-state index contributed by atoms with van der Waals surface area (Å²) in [5.74, 6) is 1.78. The molecule has 1 N–H and O–H groups in total. The lowest BCUT2D eigenvalue weighted by Crippen LogP contribution is -1.87. The van der Waals surface area contributed by atoms with E-state index in [1.54, 1.807) is 11.8 Å². The smallest absolute Gasteiger partial charge is 0.0521 e. The zero-order valence-corrected chi connectivity index (χ0v) is 8.39. The van der Waals surface area contributed by atoms with Crippen molar-refractivity contribution >= 4 is 17.8 Å². The second-order valence-corrected chi connectivity index (χ2v) is 3.83. The van der Waals surface area contributed by atoms with Gasteiger partial charge in [0.25, 0.3) is 0 Å². The van der Waals surface area contributed by atoms with Gasteiger partial charge in [0.1, 0.15) is 0 Å². The Morgan fingerprint density at radius 2 is 2.00 bits per heavy atom. The molecule has 0 bridgehead atoms. The molecule has 0 atom stereocenters. The molecule has 0 amide bonds. The summed E-state index contributed by atoms with van der Waals surface area (Å²) in [4.78, 5) is 0. The van der Waals surface area contributed by atoms with Crippen molar-refractivity contribution in [3.05, 3.63) is 42.0 Å². The van der Waals surface area contributed by atoms with Gasteiger partial charge in [-0.3, -0.25) is 0 Å². The summed E-state index contributed by atoms with van der Waals surface area (Å²) in [5, 5.41) is 8.59. The Hall–Kier alpha value is -0.730. The molecule has 0 aromatic heterocycles. The molecule has 0 fully saturated rings. The number of hydrogen-bond acceptors (Lipinski definition) is 2. The lowest BCUT2D eigenvalue weighted by Gasteiger charge is -2.00. The van der Waals surface area contributed by atoms with Crippen LogP contribution in [0.3, 0.4) is 0 Å². The van der Waals surface area contributed by atoms with E-state index in [2.05, 4.69) is 30.8 Å². The van der Waals surface area contributed by atoms with E-state index >= 15 is 0 Å². The Balaban J connectivity index is 2.44. The molecule has 1 aromatic rings. The van der Waals surface area contributed by atoms with Crippen molar-refractivity contribution in [1.82, 2.24) is 0 Å². The number of aliphatic hydroxyl groups excluding tert-OH is 1. The second kappa shape index (κ2) is 5.84. The highest BCUT2D eigenvalue weighted by Crippen LogP contribution is 2.12. The quantitative estimate of drug-likeness (QED) is 0.727. The molecule has 0 aliphatic heterocycles. The minimum Gasteiger partial charge on any atom is -0.396 e. The number of hydrogen-bond donors (Lipinski definition) is 1. The SMILES string of the molecule is C=Cc1ccc(CSCCO)cc1. The fourth-order valence-electron chi connectivity index (χ4n) is 1.00. The molecule has 0 saturated carbocycles. The first-order valence-corrected chi connectivity index (χ1v) is 5.42. The lowest BCUT2D eigenvalue weighted by molar-refractivity contribution is 0.322. The maximum atomic E-state index is 8.59. The van der Waals surface area contributed by atoms with E-state index in [4.69, 9.17) is 5.11 Å². The third-order valence-corrected chi connectivity index (χ3v) is 2.73. The van der Waals surface area contributed by atoms with Crippen LogP contribution in [-0.4, -0.2) is 17.5 Å². The van der Waals surface area contributed by atoms with Gasteiger partial charge < -0.3 is 5.11 Å². The third kappa shape index (κ3) is 3.66. The van der Waals surface area contributed by atoms with Crippen molar-refractivity contribution in [3.8, 4) is 0 Å². The summed E-state index contributed by atoms with van der Waals surface area (Å²) in [6.45, 7) is 3.96. The van der Waals surface area contributed by atoms with E-state index in [-0.39, 0.29) is 6.61 Å². The zero-order valence-electron chi connectivity index (χ0n) is 7.57. The topological polar surface area (TPSA) is 20.2 Å². The van der Waals surface area contributed by atoms with Crippen molar-refractivity contribution in [2.24, 2.45) is 0 Å². The van der Waals surface area contributed by atoms with Gasteiger partial charge >= 0.3 is 0 Å². The van der Waals surface area contributed by atoms with E-state index in [1.165, 1.54) is 5.56 Å².